The Labute approximate surface area is 149 Å². The SMILES string of the molecule is COc1cccc(NCC(=O)N/N=C\c2ccc(OC)c(Br)c2)c1. The van der Waals surface area contributed by atoms with Gasteiger partial charge in [0, 0.05) is 11.8 Å². The largest absolute Gasteiger partial charge is 0.497 e. The Balaban J connectivity index is 1.83. The molecule has 0 saturated carbocycles. The van der Waals surface area contributed by atoms with Gasteiger partial charge in [-0.1, -0.05) is 6.07 Å². The molecule has 0 atom stereocenters. The number of hydrogen-bond acceptors (Lipinski definition) is 5. The third-order valence-electron chi connectivity index (χ3n) is 3.10. The normalized spacial score (nSPS) is 10.5. The third-order valence-corrected chi connectivity index (χ3v) is 3.72. The van der Waals surface area contributed by atoms with E-state index in [1.807, 2.05) is 42.5 Å². The Bertz CT molecular complexity index is 735. The average molecular weight is 392 g/mol. The van der Waals surface area contributed by atoms with Gasteiger partial charge in [-0.3, -0.25) is 4.79 Å². The lowest BCUT2D eigenvalue weighted by molar-refractivity contribution is -0.119. The van der Waals surface area contributed by atoms with E-state index in [0.29, 0.717) is 0 Å². The van der Waals surface area contributed by atoms with Gasteiger partial charge in [0.25, 0.3) is 5.91 Å². The maximum absolute atomic E-state index is 11.8. The monoisotopic (exact) mass is 391 g/mol. The summed E-state index contributed by atoms with van der Waals surface area (Å²) < 4.78 is 11.1. The van der Waals surface area contributed by atoms with Gasteiger partial charge in [-0.25, -0.2) is 5.43 Å². The van der Waals surface area contributed by atoms with Crippen molar-refractivity contribution in [2.75, 3.05) is 26.1 Å². The van der Waals surface area contributed by atoms with E-state index in [2.05, 4.69) is 31.8 Å². The number of nitrogens with one attached hydrogen (secondary N) is 2. The molecule has 2 rings (SSSR count). The number of halogens is 1. The van der Waals surface area contributed by atoms with E-state index in [0.717, 1.165) is 27.2 Å². The molecule has 0 radical (unpaired) electrons. The second kappa shape index (κ2) is 8.93. The van der Waals surface area contributed by atoms with Gasteiger partial charge in [-0.2, -0.15) is 5.10 Å². The highest BCUT2D eigenvalue weighted by Gasteiger charge is 2.02. The Hall–Kier alpha value is -2.54. The number of amides is 1. The zero-order chi connectivity index (χ0) is 17.4. The van der Waals surface area contributed by atoms with Gasteiger partial charge in [-0.05, 0) is 51.8 Å². The van der Waals surface area contributed by atoms with Crippen LogP contribution in [-0.2, 0) is 4.79 Å². The average Bonchev–Trinajstić information content (AvgIpc) is 2.60. The minimum Gasteiger partial charge on any atom is -0.497 e. The van der Waals surface area contributed by atoms with E-state index in [-0.39, 0.29) is 12.5 Å². The maximum atomic E-state index is 11.8. The molecule has 1 amide bonds. The molecule has 7 heteroatoms. The van der Waals surface area contributed by atoms with Crippen LogP contribution in [0, 0.1) is 0 Å². The third kappa shape index (κ3) is 5.27. The van der Waals surface area contributed by atoms with E-state index in [4.69, 9.17) is 9.47 Å². The summed E-state index contributed by atoms with van der Waals surface area (Å²) in [4.78, 5) is 11.8. The van der Waals surface area contributed by atoms with Crippen molar-refractivity contribution in [3.63, 3.8) is 0 Å². The van der Waals surface area contributed by atoms with Crippen LogP contribution < -0.4 is 20.2 Å². The van der Waals surface area contributed by atoms with Gasteiger partial charge >= 0.3 is 0 Å². The summed E-state index contributed by atoms with van der Waals surface area (Å²) >= 11 is 3.40. The number of hydrazone groups is 1. The lowest BCUT2D eigenvalue weighted by Crippen LogP contribution is -2.25. The summed E-state index contributed by atoms with van der Waals surface area (Å²) in [5.41, 5.74) is 4.10. The Morgan fingerprint density at radius 3 is 2.75 bits per heavy atom. The first-order valence-electron chi connectivity index (χ1n) is 7.15. The fourth-order valence-corrected chi connectivity index (χ4v) is 2.46. The molecular formula is C17H18BrN3O3. The van der Waals surface area contributed by atoms with Crippen molar-refractivity contribution in [2.45, 2.75) is 0 Å². The van der Waals surface area contributed by atoms with Crippen molar-refractivity contribution in [2.24, 2.45) is 5.10 Å². The van der Waals surface area contributed by atoms with Gasteiger partial charge < -0.3 is 14.8 Å². The number of methoxy groups -OCH3 is 2. The van der Waals surface area contributed by atoms with E-state index in [1.165, 1.54) is 0 Å². The fraction of sp³-hybridized carbons (Fsp3) is 0.176. The van der Waals surface area contributed by atoms with E-state index >= 15 is 0 Å². The molecule has 0 aromatic heterocycles. The van der Waals surface area contributed by atoms with Gasteiger partial charge in [0.2, 0.25) is 0 Å². The van der Waals surface area contributed by atoms with Crippen LogP contribution in [0.25, 0.3) is 0 Å². The summed E-state index contributed by atoms with van der Waals surface area (Å²) in [5, 5.41) is 6.94. The predicted molar refractivity (Wildman–Crippen MR) is 97.9 cm³/mol. The number of anilines is 1. The van der Waals surface area contributed by atoms with Crippen LogP contribution in [0.1, 0.15) is 5.56 Å². The zero-order valence-electron chi connectivity index (χ0n) is 13.4. The van der Waals surface area contributed by atoms with Crippen molar-refractivity contribution < 1.29 is 14.3 Å². The molecule has 0 aliphatic rings. The molecule has 0 aliphatic carbocycles. The van der Waals surface area contributed by atoms with Crippen LogP contribution in [0.3, 0.4) is 0 Å². The highest BCUT2D eigenvalue weighted by atomic mass is 79.9. The number of nitrogens with zero attached hydrogens (tertiary/aromatic N) is 1. The summed E-state index contributed by atoms with van der Waals surface area (Å²) in [5.74, 6) is 1.21. The molecule has 2 N–H and O–H groups in total. The minimum absolute atomic E-state index is 0.108. The first-order chi connectivity index (χ1) is 11.6. The smallest absolute Gasteiger partial charge is 0.259 e. The maximum Gasteiger partial charge on any atom is 0.259 e. The molecule has 0 fully saturated rings. The molecule has 0 bridgehead atoms. The van der Waals surface area contributed by atoms with Gasteiger partial charge in [0.15, 0.2) is 0 Å². The lowest BCUT2D eigenvalue weighted by Gasteiger charge is -2.07. The highest BCUT2D eigenvalue weighted by molar-refractivity contribution is 9.10. The van der Waals surface area contributed by atoms with Crippen LogP contribution in [-0.4, -0.2) is 32.9 Å². The highest BCUT2D eigenvalue weighted by Crippen LogP contribution is 2.24. The summed E-state index contributed by atoms with van der Waals surface area (Å²) in [6, 6.07) is 12.9. The Morgan fingerprint density at radius 1 is 1.21 bits per heavy atom. The molecule has 2 aromatic carbocycles. The quantitative estimate of drug-likeness (QED) is 0.561. The summed E-state index contributed by atoms with van der Waals surface area (Å²) in [6.07, 6.45) is 1.56. The molecule has 24 heavy (non-hydrogen) atoms. The second-order valence-electron chi connectivity index (χ2n) is 4.77. The number of hydrogen-bond donors (Lipinski definition) is 2. The Kier molecular flexibility index (Phi) is 6.62. The number of carbonyl (C=O) groups is 1. The molecule has 0 unspecified atom stereocenters. The van der Waals surface area contributed by atoms with Crippen molar-refractivity contribution in [3.05, 3.63) is 52.5 Å². The number of rotatable bonds is 7. The number of carbonyl (C=O) groups excluding carboxylic acids is 1. The minimum atomic E-state index is -0.248. The molecule has 126 valence electrons. The molecule has 0 saturated heterocycles. The van der Waals surface area contributed by atoms with Crippen LogP contribution in [0.4, 0.5) is 5.69 Å². The molecule has 6 nitrogen and oxygen atoms in total. The lowest BCUT2D eigenvalue weighted by atomic mass is 10.2. The van der Waals surface area contributed by atoms with Crippen molar-refractivity contribution in [1.29, 1.82) is 0 Å². The van der Waals surface area contributed by atoms with Crippen molar-refractivity contribution in [1.82, 2.24) is 5.43 Å². The predicted octanol–water partition coefficient (Wildman–Crippen LogP) is 3.03. The standard InChI is InChI=1S/C17H18BrN3O3/c1-23-14-5-3-4-13(9-14)19-11-17(22)21-20-10-12-6-7-16(24-2)15(18)8-12/h3-10,19H,11H2,1-2H3,(H,21,22)/b20-10-. The van der Waals surface area contributed by atoms with Crippen LogP contribution in [0.5, 0.6) is 11.5 Å². The molecule has 0 heterocycles. The van der Waals surface area contributed by atoms with Crippen molar-refractivity contribution in [3.8, 4) is 11.5 Å². The fourth-order valence-electron chi connectivity index (χ4n) is 1.90. The van der Waals surface area contributed by atoms with Crippen LogP contribution in [0.2, 0.25) is 0 Å². The molecule has 2 aromatic rings. The van der Waals surface area contributed by atoms with Crippen LogP contribution >= 0.6 is 15.9 Å². The zero-order valence-corrected chi connectivity index (χ0v) is 15.0. The number of ether oxygens (including phenoxy) is 2. The van der Waals surface area contributed by atoms with Gasteiger partial charge in [0.05, 0.1) is 31.5 Å². The Morgan fingerprint density at radius 2 is 2.04 bits per heavy atom. The first-order valence-corrected chi connectivity index (χ1v) is 7.95. The molecule has 0 spiro atoms. The molecular weight excluding hydrogens is 374 g/mol. The summed E-state index contributed by atoms with van der Waals surface area (Å²) in [7, 11) is 3.20. The molecule has 0 aliphatic heterocycles. The van der Waals surface area contributed by atoms with E-state index in [1.54, 1.807) is 20.4 Å². The van der Waals surface area contributed by atoms with Gasteiger partial charge in [-0.15, -0.1) is 0 Å². The van der Waals surface area contributed by atoms with E-state index in [9.17, 15) is 4.79 Å². The second-order valence-corrected chi connectivity index (χ2v) is 5.63. The number of benzene rings is 2. The van der Waals surface area contributed by atoms with Gasteiger partial charge in [0.1, 0.15) is 11.5 Å². The van der Waals surface area contributed by atoms with E-state index < -0.39 is 0 Å². The summed E-state index contributed by atoms with van der Waals surface area (Å²) in [6.45, 7) is 0.108. The van der Waals surface area contributed by atoms with Crippen LogP contribution in [0.15, 0.2) is 52.0 Å². The first kappa shape index (κ1) is 17.8. The van der Waals surface area contributed by atoms with Crippen molar-refractivity contribution >= 4 is 33.7 Å². The topological polar surface area (TPSA) is 72.0 Å².